The third-order valence-electron chi connectivity index (χ3n) is 7.32. The second-order valence-corrected chi connectivity index (χ2v) is 9.38. The zero-order valence-electron chi connectivity index (χ0n) is 16.3. The Hall–Kier alpha value is -0.860. The monoisotopic (exact) mass is 390 g/mol. The normalized spacial score (nSPS) is 33.6. The van der Waals surface area contributed by atoms with Gasteiger partial charge in [-0.3, -0.25) is 0 Å². The van der Waals surface area contributed by atoms with Gasteiger partial charge in [0.15, 0.2) is 0 Å². The second-order valence-electron chi connectivity index (χ2n) is 9.01. The van der Waals surface area contributed by atoms with E-state index in [1.165, 1.54) is 51.4 Å². The molecule has 148 valence electrons. The van der Waals surface area contributed by atoms with Crippen LogP contribution in [0.15, 0.2) is 24.8 Å². The first kappa shape index (κ1) is 19.5. The molecule has 1 unspecified atom stereocenters. The molecule has 2 saturated carbocycles. The molecule has 1 saturated heterocycles. The molecule has 0 aromatic heterocycles. The number of hydrogen-bond donors (Lipinski definition) is 0. The first-order valence-electron chi connectivity index (χ1n) is 10.9. The molecule has 0 amide bonds. The third-order valence-corrected chi connectivity index (χ3v) is 7.70. The number of ether oxygens (including phenoxy) is 1. The van der Waals surface area contributed by atoms with Gasteiger partial charge in [-0.05, 0) is 80.6 Å². The van der Waals surface area contributed by atoms with Gasteiger partial charge in [-0.25, -0.2) is 4.39 Å². The lowest BCUT2D eigenvalue weighted by molar-refractivity contribution is 0.245. The summed E-state index contributed by atoms with van der Waals surface area (Å²) >= 11 is 6.28. The largest absolute Gasteiger partial charge is 0.368 e. The number of rotatable bonds is 6. The molecule has 2 aliphatic carbocycles. The van der Waals surface area contributed by atoms with Gasteiger partial charge in [0.2, 0.25) is 0 Å². The standard InChI is InChI=1S/C24H32ClFO/c1-2-16-3-5-17(6-4-16)7-8-18-9-11-19(12-10-18)20-13-14-21(22-15-27-22)23(25)24(20)26/h2,13-14,16-19,22H,1,3-12,15H2. The molecule has 0 spiro atoms. The molecular formula is C24H32ClFO. The maximum absolute atomic E-state index is 14.8. The first-order chi connectivity index (χ1) is 13.2. The second kappa shape index (κ2) is 8.66. The van der Waals surface area contributed by atoms with E-state index in [9.17, 15) is 4.39 Å². The summed E-state index contributed by atoms with van der Waals surface area (Å²) in [7, 11) is 0. The summed E-state index contributed by atoms with van der Waals surface area (Å²) in [6.07, 6.45) is 15.0. The molecule has 1 aliphatic heterocycles. The molecule has 4 rings (SSSR count). The van der Waals surface area contributed by atoms with Crippen LogP contribution in [0, 0.1) is 23.6 Å². The minimum absolute atomic E-state index is 0.0123. The average Bonchev–Trinajstić information content (AvgIpc) is 3.54. The van der Waals surface area contributed by atoms with Gasteiger partial charge in [0.05, 0.1) is 11.6 Å². The van der Waals surface area contributed by atoms with Gasteiger partial charge in [-0.2, -0.15) is 0 Å². The molecular weight excluding hydrogens is 359 g/mol. The van der Waals surface area contributed by atoms with Crippen molar-refractivity contribution >= 4 is 11.6 Å². The fourth-order valence-electron chi connectivity index (χ4n) is 5.32. The number of epoxide rings is 1. The molecule has 1 atom stereocenters. The van der Waals surface area contributed by atoms with Gasteiger partial charge in [-0.15, -0.1) is 6.58 Å². The predicted molar refractivity (Wildman–Crippen MR) is 110 cm³/mol. The molecule has 3 aliphatic rings. The van der Waals surface area contributed by atoms with Gasteiger partial charge in [0.1, 0.15) is 11.9 Å². The maximum Gasteiger partial charge on any atom is 0.145 e. The Balaban J connectivity index is 1.26. The minimum atomic E-state index is -0.202. The van der Waals surface area contributed by atoms with Crippen LogP contribution >= 0.6 is 11.6 Å². The number of allylic oxidation sites excluding steroid dienone is 1. The fourth-order valence-corrected chi connectivity index (χ4v) is 5.61. The van der Waals surface area contributed by atoms with Crippen molar-refractivity contribution in [3.8, 4) is 0 Å². The molecule has 1 aromatic carbocycles. The highest BCUT2D eigenvalue weighted by Gasteiger charge is 2.31. The molecule has 27 heavy (non-hydrogen) atoms. The van der Waals surface area contributed by atoms with E-state index in [1.807, 2.05) is 12.1 Å². The Morgan fingerprint density at radius 1 is 0.963 bits per heavy atom. The Morgan fingerprint density at radius 3 is 2.07 bits per heavy atom. The topological polar surface area (TPSA) is 12.5 Å². The number of benzene rings is 1. The van der Waals surface area contributed by atoms with Crippen LogP contribution in [0.3, 0.4) is 0 Å². The first-order valence-corrected chi connectivity index (χ1v) is 11.3. The van der Waals surface area contributed by atoms with Gasteiger partial charge in [0, 0.05) is 5.56 Å². The SMILES string of the molecule is C=CC1CCC(CCC2CCC(c3ccc(C4CO4)c(Cl)c3F)CC2)CC1. The van der Waals surface area contributed by atoms with E-state index >= 15 is 0 Å². The van der Waals surface area contributed by atoms with Crippen molar-refractivity contribution in [2.75, 3.05) is 6.61 Å². The van der Waals surface area contributed by atoms with E-state index in [0.29, 0.717) is 12.5 Å². The Kier molecular flexibility index (Phi) is 6.24. The predicted octanol–water partition coefficient (Wildman–Crippen LogP) is 7.60. The molecule has 0 bridgehead atoms. The van der Waals surface area contributed by atoms with E-state index < -0.39 is 0 Å². The van der Waals surface area contributed by atoms with E-state index in [-0.39, 0.29) is 16.9 Å². The van der Waals surface area contributed by atoms with Crippen LogP contribution in [-0.2, 0) is 4.74 Å². The van der Waals surface area contributed by atoms with E-state index in [2.05, 4.69) is 12.7 Å². The van der Waals surface area contributed by atoms with Crippen molar-refractivity contribution in [3.63, 3.8) is 0 Å². The van der Waals surface area contributed by atoms with Crippen LogP contribution < -0.4 is 0 Å². The van der Waals surface area contributed by atoms with Crippen LogP contribution in [0.1, 0.15) is 87.4 Å². The molecule has 0 N–H and O–H groups in total. The van der Waals surface area contributed by atoms with Crippen molar-refractivity contribution in [2.45, 2.75) is 76.2 Å². The molecule has 0 radical (unpaired) electrons. The third kappa shape index (κ3) is 4.59. The summed E-state index contributed by atoms with van der Waals surface area (Å²) in [5.74, 6) is 2.64. The Labute approximate surface area is 168 Å². The quantitative estimate of drug-likeness (QED) is 0.360. The maximum atomic E-state index is 14.8. The molecule has 1 aromatic rings. The highest BCUT2D eigenvalue weighted by atomic mass is 35.5. The smallest absolute Gasteiger partial charge is 0.145 e. The fraction of sp³-hybridized carbons (Fsp3) is 0.667. The summed E-state index contributed by atoms with van der Waals surface area (Å²) in [6.45, 7) is 4.61. The average molecular weight is 391 g/mol. The van der Waals surface area contributed by atoms with E-state index in [4.69, 9.17) is 16.3 Å². The zero-order chi connectivity index (χ0) is 18.8. The lowest BCUT2D eigenvalue weighted by Crippen LogP contribution is -2.17. The van der Waals surface area contributed by atoms with Crippen LogP contribution in [0.5, 0.6) is 0 Å². The summed E-state index contributed by atoms with van der Waals surface area (Å²) in [5, 5.41) is 0.284. The summed E-state index contributed by atoms with van der Waals surface area (Å²) in [4.78, 5) is 0. The summed E-state index contributed by atoms with van der Waals surface area (Å²) in [5.41, 5.74) is 1.64. The van der Waals surface area contributed by atoms with Gasteiger partial charge < -0.3 is 4.74 Å². The van der Waals surface area contributed by atoms with Crippen molar-refractivity contribution in [2.24, 2.45) is 17.8 Å². The number of hydrogen-bond acceptors (Lipinski definition) is 1. The zero-order valence-corrected chi connectivity index (χ0v) is 17.0. The van der Waals surface area contributed by atoms with Crippen molar-refractivity contribution in [1.29, 1.82) is 0 Å². The van der Waals surface area contributed by atoms with Gasteiger partial charge in [-0.1, -0.05) is 42.7 Å². The van der Waals surface area contributed by atoms with Gasteiger partial charge in [0.25, 0.3) is 0 Å². The van der Waals surface area contributed by atoms with Crippen LogP contribution in [0.4, 0.5) is 4.39 Å². The highest BCUT2D eigenvalue weighted by Crippen LogP contribution is 2.43. The van der Waals surface area contributed by atoms with E-state index in [1.54, 1.807) is 0 Å². The summed E-state index contributed by atoms with van der Waals surface area (Å²) < 4.78 is 20.1. The van der Waals surface area contributed by atoms with E-state index in [0.717, 1.165) is 41.7 Å². The molecule has 3 heteroatoms. The summed E-state index contributed by atoms with van der Waals surface area (Å²) in [6, 6.07) is 3.94. The highest BCUT2D eigenvalue weighted by molar-refractivity contribution is 6.31. The molecule has 1 heterocycles. The van der Waals surface area contributed by atoms with Crippen LogP contribution in [-0.4, -0.2) is 6.61 Å². The molecule has 3 fully saturated rings. The lowest BCUT2D eigenvalue weighted by Gasteiger charge is -2.32. The van der Waals surface area contributed by atoms with Crippen molar-refractivity contribution in [1.82, 2.24) is 0 Å². The Bertz CT molecular complexity index is 653. The van der Waals surface area contributed by atoms with Crippen LogP contribution in [0.25, 0.3) is 0 Å². The lowest BCUT2D eigenvalue weighted by atomic mass is 9.74. The van der Waals surface area contributed by atoms with Crippen molar-refractivity contribution in [3.05, 3.63) is 46.8 Å². The van der Waals surface area contributed by atoms with Crippen molar-refractivity contribution < 1.29 is 9.13 Å². The van der Waals surface area contributed by atoms with Crippen LogP contribution in [0.2, 0.25) is 5.02 Å². The number of halogens is 2. The minimum Gasteiger partial charge on any atom is -0.368 e. The Morgan fingerprint density at radius 2 is 1.52 bits per heavy atom. The molecule has 1 nitrogen and oxygen atoms in total. The van der Waals surface area contributed by atoms with Gasteiger partial charge >= 0.3 is 0 Å².